The van der Waals surface area contributed by atoms with Crippen LogP contribution in [0.25, 0.3) is 0 Å². The third-order valence-electron chi connectivity index (χ3n) is 3.91. The van der Waals surface area contributed by atoms with Gasteiger partial charge in [0, 0.05) is 37.8 Å². The van der Waals surface area contributed by atoms with E-state index in [-0.39, 0.29) is 28.2 Å². The number of nitrogens with one attached hydrogen (secondary N) is 4. The van der Waals surface area contributed by atoms with Crippen molar-refractivity contribution in [3.63, 3.8) is 0 Å². The number of carbonyl (C=O) groups excluding carboxylic acids is 2. The van der Waals surface area contributed by atoms with Crippen LogP contribution in [0.5, 0.6) is 0 Å². The molecule has 0 aromatic heterocycles. The SMILES string of the molecule is CC(=O)Nc1ccc(S(=O)(=O)NC[C@H](C)NS(=O)(=O)c2ccc(NC(C)=O)cc2)cc1. The molecule has 0 saturated carbocycles. The van der Waals surface area contributed by atoms with E-state index >= 15 is 0 Å². The lowest BCUT2D eigenvalue weighted by Crippen LogP contribution is -2.41. The predicted octanol–water partition coefficient (Wildman–Crippen LogP) is 1.25. The van der Waals surface area contributed by atoms with Crippen LogP contribution < -0.4 is 20.1 Å². The van der Waals surface area contributed by atoms with E-state index in [2.05, 4.69) is 20.1 Å². The minimum Gasteiger partial charge on any atom is -0.326 e. The van der Waals surface area contributed by atoms with Gasteiger partial charge in [0.2, 0.25) is 31.9 Å². The number of sulfonamides is 2. The standard InChI is InChI=1S/C19H24N4O6S2/c1-13(23-31(28,29)19-10-6-17(7-11-19)22-15(3)25)12-20-30(26,27)18-8-4-16(5-9-18)21-14(2)24/h4-11,13,20,23H,12H2,1-3H3,(H,21,24)(H,22,25)/t13-/m0/s1. The smallest absolute Gasteiger partial charge is 0.240 e. The minimum absolute atomic E-state index is 0.0229. The molecule has 0 spiro atoms. The predicted molar refractivity (Wildman–Crippen MR) is 116 cm³/mol. The van der Waals surface area contributed by atoms with Crippen LogP contribution in [0.15, 0.2) is 58.3 Å². The van der Waals surface area contributed by atoms with Gasteiger partial charge in [0.25, 0.3) is 0 Å². The molecule has 2 amide bonds. The van der Waals surface area contributed by atoms with Crippen molar-refractivity contribution in [2.45, 2.75) is 36.6 Å². The summed E-state index contributed by atoms with van der Waals surface area (Å²) < 4.78 is 54.6. The van der Waals surface area contributed by atoms with E-state index in [1.807, 2.05) is 0 Å². The number of rotatable bonds is 9. The summed E-state index contributed by atoms with van der Waals surface area (Å²) in [6.45, 7) is 4.02. The maximum absolute atomic E-state index is 12.5. The quantitative estimate of drug-likeness (QED) is 0.435. The van der Waals surface area contributed by atoms with Crippen molar-refractivity contribution < 1.29 is 26.4 Å². The highest BCUT2D eigenvalue weighted by Crippen LogP contribution is 2.15. The monoisotopic (exact) mass is 468 g/mol. The van der Waals surface area contributed by atoms with Gasteiger partial charge in [0.15, 0.2) is 0 Å². The Kier molecular flexibility index (Phi) is 7.90. The number of benzene rings is 2. The molecule has 2 aromatic carbocycles. The minimum atomic E-state index is -3.89. The zero-order valence-corrected chi connectivity index (χ0v) is 18.8. The second kappa shape index (κ2) is 10.0. The molecule has 0 radical (unpaired) electrons. The Balaban J connectivity index is 1.98. The van der Waals surface area contributed by atoms with Gasteiger partial charge in [-0.15, -0.1) is 0 Å². The van der Waals surface area contributed by atoms with Gasteiger partial charge >= 0.3 is 0 Å². The summed E-state index contributed by atoms with van der Waals surface area (Å²) in [5.74, 6) is -0.556. The molecule has 10 nitrogen and oxygen atoms in total. The van der Waals surface area contributed by atoms with Crippen LogP contribution in [0.2, 0.25) is 0 Å². The Morgan fingerprint density at radius 1 is 0.742 bits per heavy atom. The summed E-state index contributed by atoms with van der Waals surface area (Å²) in [5.41, 5.74) is 0.911. The molecule has 0 unspecified atom stereocenters. The Morgan fingerprint density at radius 3 is 1.52 bits per heavy atom. The zero-order valence-electron chi connectivity index (χ0n) is 17.2. The summed E-state index contributed by atoms with van der Waals surface area (Å²) in [6, 6.07) is 10.4. The van der Waals surface area contributed by atoms with Gasteiger partial charge in [0.05, 0.1) is 9.79 Å². The Morgan fingerprint density at radius 2 is 1.13 bits per heavy atom. The molecule has 0 fully saturated rings. The topological polar surface area (TPSA) is 151 Å². The van der Waals surface area contributed by atoms with E-state index in [4.69, 9.17) is 0 Å². The van der Waals surface area contributed by atoms with Crippen molar-refractivity contribution in [1.82, 2.24) is 9.44 Å². The number of hydrogen-bond acceptors (Lipinski definition) is 6. The molecular weight excluding hydrogens is 444 g/mol. The summed E-state index contributed by atoms with van der Waals surface area (Å²) >= 11 is 0. The molecule has 31 heavy (non-hydrogen) atoms. The van der Waals surface area contributed by atoms with Crippen LogP contribution in [-0.4, -0.2) is 41.2 Å². The number of amides is 2. The summed E-state index contributed by atoms with van der Waals surface area (Å²) in [7, 11) is -7.77. The van der Waals surface area contributed by atoms with Crippen molar-refractivity contribution in [2.75, 3.05) is 17.2 Å². The van der Waals surface area contributed by atoms with E-state index in [0.717, 1.165) is 0 Å². The molecule has 12 heteroatoms. The van der Waals surface area contributed by atoms with Crippen molar-refractivity contribution in [1.29, 1.82) is 0 Å². The van der Waals surface area contributed by atoms with Gasteiger partial charge in [-0.2, -0.15) is 0 Å². The van der Waals surface area contributed by atoms with Crippen LogP contribution in [0.3, 0.4) is 0 Å². The van der Waals surface area contributed by atoms with E-state index in [1.54, 1.807) is 0 Å². The first-order valence-electron chi connectivity index (χ1n) is 9.16. The molecule has 0 aliphatic carbocycles. The highest BCUT2D eigenvalue weighted by molar-refractivity contribution is 7.90. The first-order valence-corrected chi connectivity index (χ1v) is 12.1. The fraction of sp³-hybridized carbons (Fsp3) is 0.263. The summed E-state index contributed by atoms with van der Waals surface area (Å²) in [5, 5.41) is 5.07. The van der Waals surface area contributed by atoms with Gasteiger partial charge in [0.1, 0.15) is 0 Å². The molecule has 168 valence electrons. The molecule has 0 saturated heterocycles. The van der Waals surface area contributed by atoms with Crippen molar-refractivity contribution in [3.05, 3.63) is 48.5 Å². The number of hydrogen-bond donors (Lipinski definition) is 4. The molecule has 2 aromatic rings. The lowest BCUT2D eigenvalue weighted by atomic mass is 10.3. The molecule has 2 rings (SSSR count). The average molecular weight is 469 g/mol. The largest absolute Gasteiger partial charge is 0.326 e. The lowest BCUT2D eigenvalue weighted by Gasteiger charge is -2.16. The van der Waals surface area contributed by atoms with E-state index in [9.17, 15) is 26.4 Å². The molecule has 0 aliphatic rings. The van der Waals surface area contributed by atoms with Gasteiger partial charge in [-0.25, -0.2) is 26.3 Å². The average Bonchev–Trinajstić information content (AvgIpc) is 2.66. The molecule has 0 heterocycles. The maximum Gasteiger partial charge on any atom is 0.240 e. The number of carbonyl (C=O) groups is 2. The molecule has 0 bridgehead atoms. The second-order valence-corrected chi connectivity index (χ2v) is 10.3. The van der Waals surface area contributed by atoms with Crippen LogP contribution >= 0.6 is 0 Å². The Labute approximate surface area is 181 Å². The van der Waals surface area contributed by atoms with Gasteiger partial charge in [-0.3, -0.25) is 9.59 Å². The van der Waals surface area contributed by atoms with E-state index in [0.29, 0.717) is 11.4 Å². The molecule has 0 aliphatic heterocycles. The van der Waals surface area contributed by atoms with Crippen LogP contribution in [0.1, 0.15) is 20.8 Å². The number of anilines is 2. The lowest BCUT2D eigenvalue weighted by molar-refractivity contribution is -0.115. The van der Waals surface area contributed by atoms with Gasteiger partial charge in [-0.05, 0) is 55.5 Å². The van der Waals surface area contributed by atoms with E-state index in [1.165, 1.54) is 69.3 Å². The molecule has 1 atom stereocenters. The third kappa shape index (κ3) is 7.43. The second-order valence-electron chi connectivity index (χ2n) is 6.79. The van der Waals surface area contributed by atoms with Crippen molar-refractivity contribution in [3.8, 4) is 0 Å². The Hall–Kier alpha value is -2.80. The highest BCUT2D eigenvalue weighted by atomic mass is 32.2. The normalized spacial score (nSPS) is 12.7. The van der Waals surface area contributed by atoms with Crippen LogP contribution in [0, 0.1) is 0 Å². The van der Waals surface area contributed by atoms with Gasteiger partial charge < -0.3 is 10.6 Å². The van der Waals surface area contributed by atoms with E-state index < -0.39 is 26.1 Å². The molecular formula is C19H24N4O6S2. The van der Waals surface area contributed by atoms with Crippen LogP contribution in [-0.2, 0) is 29.6 Å². The zero-order chi connectivity index (χ0) is 23.2. The summed E-state index contributed by atoms with van der Waals surface area (Å²) in [6.07, 6.45) is 0. The maximum atomic E-state index is 12.5. The third-order valence-corrected chi connectivity index (χ3v) is 6.95. The first-order chi connectivity index (χ1) is 14.4. The fourth-order valence-corrected chi connectivity index (χ4v) is 4.91. The highest BCUT2D eigenvalue weighted by Gasteiger charge is 2.20. The summed E-state index contributed by atoms with van der Waals surface area (Å²) in [4.78, 5) is 22.0. The van der Waals surface area contributed by atoms with Crippen molar-refractivity contribution in [2.24, 2.45) is 0 Å². The fourth-order valence-electron chi connectivity index (χ4n) is 2.53. The van der Waals surface area contributed by atoms with Gasteiger partial charge in [-0.1, -0.05) is 0 Å². The van der Waals surface area contributed by atoms with Crippen molar-refractivity contribution >= 4 is 43.2 Å². The Bertz CT molecular complexity index is 1140. The van der Waals surface area contributed by atoms with Crippen LogP contribution in [0.4, 0.5) is 11.4 Å². The first kappa shape index (κ1) is 24.5. The molecule has 4 N–H and O–H groups in total.